The Balaban J connectivity index is 2.37. The Morgan fingerprint density at radius 3 is 2.00 bits per heavy atom. The van der Waals surface area contributed by atoms with E-state index in [4.69, 9.17) is 5.11 Å². The van der Waals surface area contributed by atoms with Gasteiger partial charge in [-0.05, 0) is 24.7 Å². The van der Waals surface area contributed by atoms with E-state index in [1.807, 2.05) is 0 Å². The largest absolute Gasteiger partial charge is 0.387 e. The number of hydrogen-bond donors (Lipinski definition) is 1. The molecule has 1 rings (SSSR count). The van der Waals surface area contributed by atoms with Crippen LogP contribution in [0.3, 0.4) is 0 Å². The minimum Gasteiger partial charge on any atom is -0.387 e. The van der Waals surface area contributed by atoms with Crippen molar-refractivity contribution in [2.24, 2.45) is 11.3 Å². The molecule has 1 unspecified atom stereocenters. The highest BCUT2D eigenvalue weighted by atomic mass is 16.3. The standard InChI is InChI=1S/C7H13O/c1-5(8)6-4-7(6,2)3/h6,8H,4H2,1-3H3. The summed E-state index contributed by atoms with van der Waals surface area (Å²) in [6.07, 6.45) is 1.77. The van der Waals surface area contributed by atoms with E-state index in [9.17, 15) is 0 Å². The Morgan fingerprint density at radius 1 is 1.62 bits per heavy atom. The molecule has 1 fully saturated rings. The molecule has 1 heteroatoms. The fraction of sp³-hybridized carbons (Fsp3) is 0.857. The summed E-state index contributed by atoms with van der Waals surface area (Å²) in [6, 6.07) is 0. The molecule has 0 aromatic heterocycles. The van der Waals surface area contributed by atoms with Gasteiger partial charge in [0.2, 0.25) is 0 Å². The maximum atomic E-state index is 8.94. The highest BCUT2D eigenvalue weighted by Gasteiger charge is 2.48. The molecule has 0 amide bonds. The molecule has 1 atom stereocenters. The SMILES string of the molecule is C[C](O)C1CC1(C)C. The second kappa shape index (κ2) is 1.47. The lowest BCUT2D eigenvalue weighted by Crippen LogP contribution is -1.97. The van der Waals surface area contributed by atoms with E-state index >= 15 is 0 Å². The van der Waals surface area contributed by atoms with E-state index in [-0.39, 0.29) is 0 Å². The van der Waals surface area contributed by atoms with Crippen molar-refractivity contribution < 1.29 is 5.11 Å². The average Bonchev–Trinajstić information content (AvgIpc) is 2.13. The number of hydrogen-bond acceptors (Lipinski definition) is 1. The fourth-order valence-corrected chi connectivity index (χ4v) is 1.18. The van der Waals surface area contributed by atoms with Crippen LogP contribution in [0.1, 0.15) is 27.2 Å². The lowest BCUT2D eigenvalue weighted by atomic mass is 10.1. The number of rotatable bonds is 1. The lowest BCUT2D eigenvalue weighted by molar-refractivity contribution is 0.266. The smallest absolute Gasteiger partial charge is 0.0938 e. The summed E-state index contributed by atoms with van der Waals surface area (Å²) < 4.78 is 0. The Bertz CT molecular complexity index is 94.6. The first-order valence-corrected chi connectivity index (χ1v) is 3.06. The molecule has 1 aliphatic carbocycles. The van der Waals surface area contributed by atoms with Gasteiger partial charge < -0.3 is 5.11 Å². The summed E-state index contributed by atoms with van der Waals surface area (Å²) in [7, 11) is 0. The Kier molecular flexibility index (Phi) is 1.12. The monoisotopic (exact) mass is 113 g/mol. The van der Waals surface area contributed by atoms with Crippen molar-refractivity contribution in [2.75, 3.05) is 0 Å². The molecule has 47 valence electrons. The minimum atomic E-state index is 0.402. The summed E-state index contributed by atoms with van der Waals surface area (Å²) in [6.45, 7) is 6.15. The topological polar surface area (TPSA) is 20.2 Å². The molecule has 0 aromatic carbocycles. The van der Waals surface area contributed by atoms with E-state index in [2.05, 4.69) is 13.8 Å². The molecule has 0 bridgehead atoms. The van der Waals surface area contributed by atoms with Crippen LogP contribution in [0.5, 0.6) is 0 Å². The molecule has 1 N–H and O–H groups in total. The van der Waals surface area contributed by atoms with E-state index < -0.39 is 0 Å². The average molecular weight is 113 g/mol. The predicted molar refractivity (Wildman–Crippen MR) is 32.7 cm³/mol. The highest BCUT2D eigenvalue weighted by molar-refractivity contribution is 5.05. The van der Waals surface area contributed by atoms with Crippen LogP contribution in [0.4, 0.5) is 0 Å². The summed E-state index contributed by atoms with van der Waals surface area (Å²) >= 11 is 0. The van der Waals surface area contributed by atoms with Crippen LogP contribution < -0.4 is 0 Å². The molecule has 1 saturated carbocycles. The summed E-state index contributed by atoms with van der Waals surface area (Å²) in [5.41, 5.74) is 0.402. The third-order valence-electron chi connectivity index (χ3n) is 2.02. The summed E-state index contributed by atoms with van der Waals surface area (Å²) in [5, 5.41) is 8.94. The van der Waals surface area contributed by atoms with Gasteiger partial charge in [0.15, 0.2) is 0 Å². The van der Waals surface area contributed by atoms with Gasteiger partial charge in [0.05, 0.1) is 6.10 Å². The van der Waals surface area contributed by atoms with Crippen LogP contribution in [0.2, 0.25) is 0 Å². The third-order valence-corrected chi connectivity index (χ3v) is 2.02. The van der Waals surface area contributed by atoms with E-state index in [0.717, 1.165) is 6.42 Å². The zero-order valence-corrected chi connectivity index (χ0v) is 5.73. The Labute approximate surface area is 50.7 Å². The molecule has 1 radical (unpaired) electrons. The van der Waals surface area contributed by atoms with Crippen molar-refractivity contribution in [1.29, 1.82) is 0 Å². The molecule has 0 aliphatic heterocycles. The van der Waals surface area contributed by atoms with Crippen LogP contribution in [0.25, 0.3) is 0 Å². The van der Waals surface area contributed by atoms with Gasteiger partial charge in [-0.25, -0.2) is 0 Å². The van der Waals surface area contributed by atoms with Crippen LogP contribution in [-0.2, 0) is 0 Å². The van der Waals surface area contributed by atoms with E-state index in [1.54, 1.807) is 6.92 Å². The van der Waals surface area contributed by atoms with Crippen molar-refractivity contribution in [2.45, 2.75) is 27.2 Å². The zero-order chi connectivity index (χ0) is 6.36. The predicted octanol–water partition coefficient (Wildman–Crippen LogP) is 1.96. The van der Waals surface area contributed by atoms with Gasteiger partial charge in [0.1, 0.15) is 0 Å². The van der Waals surface area contributed by atoms with Crippen molar-refractivity contribution in [3.8, 4) is 0 Å². The summed E-state index contributed by atoms with van der Waals surface area (Å²) in [4.78, 5) is 0. The second-order valence-electron chi connectivity index (χ2n) is 3.39. The van der Waals surface area contributed by atoms with E-state index in [1.165, 1.54) is 0 Å². The minimum absolute atomic E-state index is 0.402. The first-order valence-electron chi connectivity index (χ1n) is 3.06. The second-order valence-corrected chi connectivity index (χ2v) is 3.39. The van der Waals surface area contributed by atoms with Gasteiger partial charge in [-0.3, -0.25) is 0 Å². The van der Waals surface area contributed by atoms with Crippen LogP contribution in [0, 0.1) is 17.4 Å². The Hall–Kier alpha value is -0.0400. The molecular formula is C7H13O. The van der Waals surface area contributed by atoms with Crippen molar-refractivity contribution in [1.82, 2.24) is 0 Å². The van der Waals surface area contributed by atoms with Crippen LogP contribution >= 0.6 is 0 Å². The van der Waals surface area contributed by atoms with Gasteiger partial charge in [-0.15, -0.1) is 0 Å². The quantitative estimate of drug-likeness (QED) is 0.551. The van der Waals surface area contributed by atoms with Gasteiger partial charge in [0, 0.05) is 0 Å². The maximum Gasteiger partial charge on any atom is 0.0938 e. The molecule has 8 heavy (non-hydrogen) atoms. The van der Waals surface area contributed by atoms with Crippen molar-refractivity contribution in [3.63, 3.8) is 0 Å². The van der Waals surface area contributed by atoms with Crippen LogP contribution in [0.15, 0.2) is 0 Å². The number of aliphatic hydroxyl groups excluding tert-OH is 1. The normalized spacial score (nSPS) is 33.4. The number of aliphatic hydroxyl groups is 1. The van der Waals surface area contributed by atoms with Gasteiger partial charge in [0.25, 0.3) is 0 Å². The zero-order valence-electron chi connectivity index (χ0n) is 5.73. The molecule has 0 spiro atoms. The van der Waals surface area contributed by atoms with Gasteiger partial charge in [-0.2, -0.15) is 0 Å². The molecule has 0 heterocycles. The fourth-order valence-electron chi connectivity index (χ4n) is 1.18. The van der Waals surface area contributed by atoms with Crippen molar-refractivity contribution >= 4 is 0 Å². The van der Waals surface area contributed by atoms with Gasteiger partial charge >= 0.3 is 0 Å². The third kappa shape index (κ3) is 0.873. The highest BCUT2D eigenvalue weighted by Crippen LogP contribution is 2.55. The van der Waals surface area contributed by atoms with Crippen LogP contribution in [-0.4, -0.2) is 5.11 Å². The summed E-state index contributed by atoms with van der Waals surface area (Å²) in [5.74, 6) is 0.488. The van der Waals surface area contributed by atoms with E-state index in [0.29, 0.717) is 17.4 Å². The molecule has 0 saturated heterocycles. The maximum absolute atomic E-state index is 8.94. The van der Waals surface area contributed by atoms with Gasteiger partial charge in [-0.1, -0.05) is 13.8 Å². The molecule has 1 aliphatic rings. The molecule has 0 aromatic rings. The van der Waals surface area contributed by atoms with Crippen molar-refractivity contribution in [3.05, 3.63) is 6.10 Å². The lowest BCUT2D eigenvalue weighted by Gasteiger charge is -2.02. The first kappa shape index (κ1) is 6.09. The Morgan fingerprint density at radius 2 is 2.00 bits per heavy atom. The first-order chi connectivity index (χ1) is 3.54. The molecule has 1 nitrogen and oxygen atoms in total. The molecular weight excluding hydrogens is 100 g/mol.